The number of hydrogen-bond donors (Lipinski definition) is 0. The number of rotatable bonds is 5. The summed E-state index contributed by atoms with van der Waals surface area (Å²) in [5, 5.41) is 3.99. The summed E-state index contributed by atoms with van der Waals surface area (Å²) in [6.07, 6.45) is 4.13. The zero-order valence-electron chi connectivity index (χ0n) is 10.9. The lowest BCUT2D eigenvalue weighted by atomic mass is 9.90. The van der Waals surface area contributed by atoms with Crippen molar-refractivity contribution in [2.45, 2.75) is 20.3 Å². The van der Waals surface area contributed by atoms with Crippen LogP contribution >= 0.6 is 0 Å². The van der Waals surface area contributed by atoms with Crippen LogP contribution in [0.4, 0.5) is 0 Å². The van der Waals surface area contributed by atoms with E-state index in [9.17, 15) is 0 Å². The van der Waals surface area contributed by atoms with Gasteiger partial charge in [0.2, 0.25) is 0 Å². The third-order valence-electron chi connectivity index (χ3n) is 2.55. The molecule has 0 aliphatic carbocycles. The first-order valence-electron chi connectivity index (χ1n) is 5.83. The molecule has 0 fully saturated rings. The summed E-state index contributed by atoms with van der Waals surface area (Å²) in [6.45, 7) is 4.87. The number of pyridine rings is 1. The number of hydrogen-bond acceptors (Lipinski definition) is 5. The van der Waals surface area contributed by atoms with E-state index in [1.807, 2.05) is 12.1 Å². The van der Waals surface area contributed by atoms with E-state index in [2.05, 4.69) is 29.0 Å². The van der Waals surface area contributed by atoms with Crippen molar-refractivity contribution in [3.8, 4) is 11.5 Å². The van der Waals surface area contributed by atoms with Crippen LogP contribution in [0.25, 0.3) is 11.5 Å². The Labute approximate surface area is 106 Å². The van der Waals surface area contributed by atoms with Crippen LogP contribution in [-0.2, 0) is 11.2 Å². The second-order valence-corrected chi connectivity index (χ2v) is 5.03. The molecule has 0 aromatic carbocycles. The van der Waals surface area contributed by atoms with Crippen LogP contribution in [0.3, 0.4) is 0 Å². The Bertz CT molecular complexity index is 494. The lowest BCUT2D eigenvalue weighted by Crippen LogP contribution is -2.21. The summed E-state index contributed by atoms with van der Waals surface area (Å²) in [5.74, 6) is 1.20. The first-order valence-corrected chi connectivity index (χ1v) is 5.83. The van der Waals surface area contributed by atoms with Gasteiger partial charge in [-0.1, -0.05) is 19.0 Å². The van der Waals surface area contributed by atoms with Crippen LogP contribution in [0.1, 0.15) is 19.7 Å². The standard InChI is InChI=1S/C13H17N3O2/c1-13(2,9-17-3)7-11-15-12(18-16-11)10-5-4-6-14-8-10/h4-6,8H,7,9H2,1-3H3. The van der Waals surface area contributed by atoms with E-state index in [4.69, 9.17) is 9.26 Å². The highest BCUT2D eigenvalue weighted by Gasteiger charge is 2.22. The smallest absolute Gasteiger partial charge is 0.259 e. The first kappa shape index (κ1) is 12.7. The Morgan fingerprint density at radius 1 is 1.39 bits per heavy atom. The van der Waals surface area contributed by atoms with Crippen LogP contribution in [-0.4, -0.2) is 28.8 Å². The summed E-state index contributed by atoms with van der Waals surface area (Å²) < 4.78 is 10.4. The van der Waals surface area contributed by atoms with Crippen LogP contribution in [0.5, 0.6) is 0 Å². The van der Waals surface area contributed by atoms with Crippen molar-refractivity contribution in [2.24, 2.45) is 5.41 Å². The lowest BCUT2D eigenvalue weighted by Gasteiger charge is -2.20. The fourth-order valence-electron chi connectivity index (χ4n) is 1.80. The molecule has 0 atom stereocenters. The van der Waals surface area contributed by atoms with E-state index in [0.29, 0.717) is 24.7 Å². The molecule has 96 valence electrons. The maximum absolute atomic E-state index is 5.23. The predicted molar refractivity (Wildman–Crippen MR) is 66.9 cm³/mol. The molecule has 5 heteroatoms. The molecule has 18 heavy (non-hydrogen) atoms. The molecule has 2 heterocycles. The molecule has 0 aliphatic rings. The molecule has 2 rings (SSSR count). The first-order chi connectivity index (χ1) is 8.61. The van der Waals surface area contributed by atoms with Gasteiger partial charge in [-0.15, -0.1) is 0 Å². The molecule has 2 aromatic heterocycles. The number of aromatic nitrogens is 3. The predicted octanol–water partition coefficient (Wildman–Crippen LogP) is 2.35. The van der Waals surface area contributed by atoms with Gasteiger partial charge < -0.3 is 9.26 Å². The summed E-state index contributed by atoms with van der Waals surface area (Å²) in [5.41, 5.74) is 0.825. The fourth-order valence-corrected chi connectivity index (χ4v) is 1.80. The molecule has 0 bridgehead atoms. The topological polar surface area (TPSA) is 61.0 Å². The van der Waals surface area contributed by atoms with Gasteiger partial charge in [-0.2, -0.15) is 4.98 Å². The molecule has 0 aliphatic heterocycles. The molecule has 0 saturated carbocycles. The van der Waals surface area contributed by atoms with Crippen LogP contribution in [0, 0.1) is 5.41 Å². The van der Waals surface area contributed by atoms with E-state index in [0.717, 1.165) is 5.56 Å². The summed E-state index contributed by atoms with van der Waals surface area (Å²) in [6, 6.07) is 3.73. The van der Waals surface area contributed by atoms with Gasteiger partial charge >= 0.3 is 0 Å². The molecule has 2 aromatic rings. The average Bonchev–Trinajstić information content (AvgIpc) is 2.77. The van der Waals surface area contributed by atoms with E-state index in [-0.39, 0.29) is 5.41 Å². The van der Waals surface area contributed by atoms with Gasteiger partial charge in [0.05, 0.1) is 12.2 Å². The molecule has 0 spiro atoms. The van der Waals surface area contributed by atoms with Crippen molar-refractivity contribution in [1.29, 1.82) is 0 Å². The van der Waals surface area contributed by atoms with Gasteiger partial charge in [-0.05, 0) is 17.5 Å². The highest BCUT2D eigenvalue weighted by molar-refractivity contribution is 5.50. The molecule has 5 nitrogen and oxygen atoms in total. The molecule has 0 saturated heterocycles. The van der Waals surface area contributed by atoms with Crippen molar-refractivity contribution in [3.05, 3.63) is 30.4 Å². The summed E-state index contributed by atoms with van der Waals surface area (Å²) >= 11 is 0. The Balaban J connectivity index is 2.12. The number of methoxy groups -OCH3 is 1. The number of ether oxygens (including phenoxy) is 1. The molecule has 0 amide bonds. The third-order valence-corrected chi connectivity index (χ3v) is 2.55. The van der Waals surface area contributed by atoms with Gasteiger partial charge in [0, 0.05) is 25.9 Å². The second kappa shape index (κ2) is 5.27. The molecule has 0 N–H and O–H groups in total. The van der Waals surface area contributed by atoms with Gasteiger partial charge in [-0.25, -0.2) is 0 Å². The minimum atomic E-state index is -0.00910. The van der Waals surface area contributed by atoms with E-state index >= 15 is 0 Å². The van der Waals surface area contributed by atoms with Crippen LogP contribution in [0.15, 0.2) is 29.0 Å². The second-order valence-electron chi connectivity index (χ2n) is 5.03. The summed E-state index contributed by atoms with van der Waals surface area (Å²) in [4.78, 5) is 8.40. The minimum absolute atomic E-state index is 0.00910. The fraction of sp³-hybridized carbons (Fsp3) is 0.462. The average molecular weight is 247 g/mol. The minimum Gasteiger partial charge on any atom is -0.384 e. The number of nitrogens with zero attached hydrogens (tertiary/aromatic N) is 3. The zero-order valence-corrected chi connectivity index (χ0v) is 10.9. The quantitative estimate of drug-likeness (QED) is 0.811. The van der Waals surface area contributed by atoms with Crippen molar-refractivity contribution in [2.75, 3.05) is 13.7 Å². The van der Waals surface area contributed by atoms with Gasteiger partial charge in [0.1, 0.15) is 0 Å². The molecular weight excluding hydrogens is 230 g/mol. The van der Waals surface area contributed by atoms with Crippen LogP contribution < -0.4 is 0 Å². The zero-order chi connectivity index (χ0) is 13.0. The normalized spacial score (nSPS) is 11.7. The van der Waals surface area contributed by atoms with Crippen molar-refractivity contribution in [3.63, 3.8) is 0 Å². The molecular formula is C13H17N3O2. The van der Waals surface area contributed by atoms with E-state index < -0.39 is 0 Å². The van der Waals surface area contributed by atoms with Gasteiger partial charge in [0.15, 0.2) is 5.82 Å². The Kier molecular flexibility index (Phi) is 3.72. The Morgan fingerprint density at radius 3 is 2.89 bits per heavy atom. The highest BCUT2D eigenvalue weighted by Crippen LogP contribution is 2.22. The maximum atomic E-state index is 5.23. The maximum Gasteiger partial charge on any atom is 0.259 e. The summed E-state index contributed by atoms with van der Waals surface area (Å²) in [7, 11) is 1.69. The SMILES string of the molecule is COCC(C)(C)Cc1noc(-c2cccnc2)n1. The largest absolute Gasteiger partial charge is 0.384 e. The highest BCUT2D eigenvalue weighted by atomic mass is 16.5. The lowest BCUT2D eigenvalue weighted by molar-refractivity contribution is 0.103. The van der Waals surface area contributed by atoms with Gasteiger partial charge in [0.25, 0.3) is 5.89 Å². The van der Waals surface area contributed by atoms with Crippen molar-refractivity contribution < 1.29 is 9.26 Å². The van der Waals surface area contributed by atoms with Crippen molar-refractivity contribution >= 4 is 0 Å². The Morgan fingerprint density at radius 2 is 2.22 bits per heavy atom. The molecule has 0 radical (unpaired) electrons. The van der Waals surface area contributed by atoms with E-state index in [1.54, 1.807) is 19.5 Å². The van der Waals surface area contributed by atoms with Crippen LogP contribution in [0.2, 0.25) is 0 Å². The third kappa shape index (κ3) is 3.13. The van der Waals surface area contributed by atoms with Gasteiger partial charge in [-0.3, -0.25) is 4.98 Å². The van der Waals surface area contributed by atoms with Crippen molar-refractivity contribution in [1.82, 2.24) is 15.1 Å². The Hall–Kier alpha value is -1.75. The molecule has 0 unspecified atom stereocenters. The monoisotopic (exact) mass is 247 g/mol. The van der Waals surface area contributed by atoms with E-state index in [1.165, 1.54) is 0 Å².